The zero-order valence-corrected chi connectivity index (χ0v) is 7.01. The summed E-state index contributed by atoms with van der Waals surface area (Å²) in [6.45, 7) is 4.25. The van der Waals surface area contributed by atoms with Crippen LogP contribution >= 0.6 is 0 Å². The van der Waals surface area contributed by atoms with Crippen molar-refractivity contribution in [1.29, 1.82) is 0 Å². The van der Waals surface area contributed by atoms with Crippen LogP contribution in [0.3, 0.4) is 0 Å². The third-order valence-electron chi connectivity index (χ3n) is 1.12. The van der Waals surface area contributed by atoms with Crippen LogP contribution in [0, 0.1) is 0 Å². The highest BCUT2D eigenvalue weighted by Crippen LogP contribution is 1.99. The molecule has 0 saturated heterocycles. The average molecular weight is 172 g/mol. The second kappa shape index (κ2) is 5.17. The summed E-state index contributed by atoms with van der Waals surface area (Å²) in [6, 6.07) is 0.539. The van der Waals surface area contributed by atoms with E-state index in [1.54, 1.807) is 6.20 Å². The van der Waals surface area contributed by atoms with Gasteiger partial charge >= 0.3 is 6.16 Å². The van der Waals surface area contributed by atoms with Crippen LogP contribution in [0.15, 0.2) is 18.7 Å². The molecular weight excluding hydrogens is 160 g/mol. The standard InChI is InChI=1S/C6H10N2.CH2O3/c1-6(2)8-4-3-7-5-8;2-1(3)4/h3-6H,1-2H3;(H2,2,3,4). The van der Waals surface area contributed by atoms with Gasteiger partial charge in [0.1, 0.15) is 0 Å². The number of imidazole rings is 1. The van der Waals surface area contributed by atoms with Crippen LogP contribution in [-0.2, 0) is 0 Å². The highest BCUT2D eigenvalue weighted by molar-refractivity contribution is 5.53. The van der Waals surface area contributed by atoms with Gasteiger partial charge in [-0.1, -0.05) is 0 Å². The number of hydrogen-bond donors (Lipinski definition) is 2. The van der Waals surface area contributed by atoms with Gasteiger partial charge in [-0.25, -0.2) is 9.78 Å². The Kier molecular flexibility index (Phi) is 4.52. The summed E-state index contributed by atoms with van der Waals surface area (Å²) in [5.41, 5.74) is 0. The van der Waals surface area contributed by atoms with Crippen molar-refractivity contribution in [1.82, 2.24) is 9.55 Å². The van der Waals surface area contributed by atoms with Gasteiger partial charge in [-0.05, 0) is 13.8 Å². The molecule has 0 saturated carbocycles. The number of nitrogens with zero attached hydrogens (tertiary/aromatic N) is 2. The highest BCUT2D eigenvalue weighted by atomic mass is 16.6. The molecule has 1 rings (SSSR count). The molecule has 0 radical (unpaired) electrons. The van der Waals surface area contributed by atoms with E-state index in [0.717, 1.165) is 0 Å². The molecule has 0 atom stereocenters. The van der Waals surface area contributed by atoms with Crippen molar-refractivity contribution in [3.63, 3.8) is 0 Å². The van der Waals surface area contributed by atoms with Crippen molar-refractivity contribution in [2.24, 2.45) is 0 Å². The fourth-order valence-corrected chi connectivity index (χ4v) is 0.575. The molecule has 5 heteroatoms. The van der Waals surface area contributed by atoms with Gasteiger partial charge in [0.2, 0.25) is 0 Å². The van der Waals surface area contributed by atoms with E-state index in [4.69, 9.17) is 15.0 Å². The predicted molar refractivity (Wildman–Crippen MR) is 43.3 cm³/mol. The second-order valence-electron chi connectivity index (χ2n) is 2.39. The Hall–Kier alpha value is -1.52. The van der Waals surface area contributed by atoms with E-state index in [9.17, 15) is 0 Å². The topological polar surface area (TPSA) is 75.4 Å². The van der Waals surface area contributed by atoms with Gasteiger partial charge in [-0.3, -0.25) is 0 Å². The molecule has 2 N–H and O–H groups in total. The van der Waals surface area contributed by atoms with E-state index in [-0.39, 0.29) is 0 Å². The summed E-state index contributed by atoms with van der Waals surface area (Å²) in [5.74, 6) is 0. The highest BCUT2D eigenvalue weighted by Gasteiger charge is 1.90. The van der Waals surface area contributed by atoms with E-state index < -0.39 is 6.16 Å². The summed E-state index contributed by atoms with van der Waals surface area (Å²) in [4.78, 5) is 12.5. The molecule has 0 aliphatic carbocycles. The van der Waals surface area contributed by atoms with Gasteiger partial charge < -0.3 is 14.8 Å². The average Bonchev–Trinajstić information content (AvgIpc) is 2.34. The number of carboxylic acid groups (broad SMARTS) is 2. The van der Waals surface area contributed by atoms with Crippen LogP contribution in [0.25, 0.3) is 0 Å². The van der Waals surface area contributed by atoms with Crippen molar-refractivity contribution >= 4 is 6.16 Å². The molecule has 5 nitrogen and oxygen atoms in total. The van der Waals surface area contributed by atoms with Gasteiger partial charge in [0.15, 0.2) is 0 Å². The van der Waals surface area contributed by atoms with Crippen LogP contribution in [0.5, 0.6) is 0 Å². The molecule has 1 aromatic heterocycles. The third kappa shape index (κ3) is 5.28. The van der Waals surface area contributed by atoms with Crippen LogP contribution in [0.2, 0.25) is 0 Å². The lowest BCUT2D eigenvalue weighted by Gasteiger charge is -2.02. The lowest BCUT2D eigenvalue weighted by atomic mass is 10.4. The molecular formula is C7H12N2O3. The van der Waals surface area contributed by atoms with Gasteiger partial charge in [0, 0.05) is 18.4 Å². The van der Waals surface area contributed by atoms with Crippen LogP contribution in [-0.4, -0.2) is 25.9 Å². The Labute approximate surface area is 70.3 Å². The van der Waals surface area contributed by atoms with E-state index in [2.05, 4.69) is 23.4 Å². The lowest BCUT2D eigenvalue weighted by Crippen LogP contribution is -1.95. The van der Waals surface area contributed by atoms with Crippen molar-refractivity contribution in [3.05, 3.63) is 18.7 Å². The van der Waals surface area contributed by atoms with Gasteiger partial charge in [-0.2, -0.15) is 0 Å². The zero-order chi connectivity index (χ0) is 9.56. The zero-order valence-electron chi connectivity index (χ0n) is 7.01. The fourth-order valence-electron chi connectivity index (χ4n) is 0.575. The minimum Gasteiger partial charge on any atom is -0.450 e. The summed E-state index contributed by atoms with van der Waals surface area (Å²) < 4.78 is 2.06. The fraction of sp³-hybridized carbons (Fsp3) is 0.429. The van der Waals surface area contributed by atoms with Crippen molar-refractivity contribution in [2.75, 3.05) is 0 Å². The summed E-state index contributed by atoms with van der Waals surface area (Å²) in [7, 11) is 0. The van der Waals surface area contributed by atoms with Crippen LogP contribution < -0.4 is 0 Å². The number of aromatic nitrogens is 2. The first-order chi connectivity index (χ1) is 5.54. The number of hydrogen-bond acceptors (Lipinski definition) is 2. The molecule has 0 spiro atoms. The molecule has 68 valence electrons. The van der Waals surface area contributed by atoms with Crippen molar-refractivity contribution in [3.8, 4) is 0 Å². The Bertz CT molecular complexity index is 215. The largest absolute Gasteiger partial charge is 0.503 e. The minimum atomic E-state index is -1.83. The normalized spacial score (nSPS) is 8.92. The Morgan fingerprint density at radius 3 is 2.17 bits per heavy atom. The van der Waals surface area contributed by atoms with E-state index in [1.165, 1.54) is 0 Å². The molecule has 0 aliphatic heterocycles. The molecule has 0 unspecified atom stereocenters. The van der Waals surface area contributed by atoms with E-state index in [1.807, 2.05) is 12.5 Å². The number of rotatable bonds is 1. The van der Waals surface area contributed by atoms with E-state index in [0.29, 0.717) is 6.04 Å². The van der Waals surface area contributed by atoms with E-state index >= 15 is 0 Å². The summed E-state index contributed by atoms with van der Waals surface area (Å²) in [6.07, 6.45) is 3.75. The lowest BCUT2D eigenvalue weighted by molar-refractivity contribution is 0.137. The molecule has 12 heavy (non-hydrogen) atoms. The summed E-state index contributed by atoms with van der Waals surface area (Å²) >= 11 is 0. The van der Waals surface area contributed by atoms with Crippen LogP contribution in [0.1, 0.15) is 19.9 Å². The van der Waals surface area contributed by atoms with Gasteiger partial charge in [0.25, 0.3) is 0 Å². The SMILES string of the molecule is CC(C)n1ccnc1.O=C(O)O. The maximum absolute atomic E-state index is 8.56. The molecule has 0 bridgehead atoms. The second-order valence-corrected chi connectivity index (χ2v) is 2.39. The minimum absolute atomic E-state index is 0.539. The predicted octanol–water partition coefficient (Wildman–Crippen LogP) is 1.69. The van der Waals surface area contributed by atoms with Crippen molar-refractivity contribution < 1.29 is 15.0 Å². The monoisotopic (exact) mass is 172 g/mol. The number of carbonyl (C=O) groups is 1. The molecule has 0 fully saturated rings. The Morgan fingerprint density at radius 1 is 1.50 bits per heavy atom. The van der Waals surface area contributed by atoms with Gasteiger partial charge in [-0.15, -0.1) is 0 Å². The Morgan fingerprint density at radius 2 is 2.00 bits per heavy atom. The molecule has 0 amide bonds. The third-order valence-corrected chi connectivity index (χ3v) is 1.12. The Balaban J connectivity index is 0.000000261. The summed E-state index contributed by atoms with van der Waals surface area (Å²) in [5, 5.41) is 13.9. The van der Waals surface area contributed by atoms with Crippen LogP contribution in [0.4, 0.5) is 4.79 Å². The molecule has 1 aromatic rings. The smallest absolute Gasteiger partial charge is 0.450 e. The maximum Gasteiger partial charge on any atom is 0.503 e. The van der Waals surface area contributed by atoms with Gasteiger partial charge in [0.05, 0.1) is 6.33 Å². The first-order valence-electron chi connectivity index (χ1n) is 3.43. The first kappa shape index (κ1) is 10.5. The maximum atomic E-state index is 8.56. The molecule has 0 aliphatic rings. The molecule has 1 heterocycles. The molecule has 0 aromatic carbocycles. The van der Waals surface area contributed by atoms with Crippen molar-refractivity contribution in [2.45, 2.75) is 19.9 Å². The first-order valence-corrected chi connectivity index (χ1v) is 3.43. The quantitative estimate of drug-likeness (QED) is 0.675.